The Kier molecular flexibility index (Phi) is 5.13. The van der Waals surface area contributed by atoms with Gasteiger partial charge in [0.15, 0.2) is 0 Å². The zero-order valence-corrected chi connectivity index (χ0v) is 14.7. The molecule has 0 aliphatic heterocycles. The van der Waals surface area contributed by atoms with Crippen LogP contribution < -0.4 is 5.32 Å². The molecule has 27 heavy (non-hydrogen) atoms. The number of alkyl halides is 3. The minimum atomic E-state index is -4.52. The van der Waals surface area contributed by atoms with Crippen LogP contribution >= 0.6 is 0 Å². The van der Waals surface area contributed by atoms with Crippen molar-refractivity contribution >= 4 is 0 Å². The topological polar surface area (TPSA) is 75.9 Å². The molecule has 9 heteroatoms. The number of aryl methyl sites for hydroxylation is 2. The van der Waals surface area contributed by atoms with Gasteiger partial charge in [-0.1, -0.05) is 0 Å². The Morgan fingerprint density at radius 1 is 1.15 bits per heavy atom. The van der Waals surface area contributed by atoms with Crippen LogP contribution in [-0.2, 0) is 26.3 Å². The summed E-state index contributed by atoms with van der Waals surface area (Å²) in [6, 6.07) is 5.03. The fourth-order valence-corrected chi connectivity index (χ4v) is 2.75. The lowest BCUT2D eigenvalue weighted by Crippen LogP contribution is -2.13. The summed E-state index contributed by atoms with van der Waals surface area (Å²) in [5, 5.41) is 25.4. The highest BCUT2D eigenvalue weighted by atomic mass is 19.4. The largest absolute Gasteiger partial charge is 0.507 e. The molecule has 0 saturated carbocycles. The van der Waals surface area contributed by atoms with Crippen molar-refractivity contribution < 1.29 is 18.3 Å². The Labute approximate surface area is 153 Å². The number of phenols is 1. The number of hydrogen-bond acceptors (Lipinski definition) is 5. The van der Waals surface area contributed by atoms with Crippen molar-refractivity contribution in [3.8, 4) is 17.0 Å². The first kappa shape index (κ1) is 18.8. The first-order valence-corrected chi connectivity index (χ1v) is 8.16. The predicted octanol–water partition coefficient (Wildman–Crippen LogP) is 3.20. The number of benzene rings is 1. The number of phenolic OH excluding ortho intramolecular Hbond substituents is 1. The van der Waals surface area contributed by atoms with Crippen molar-refractivity contribution in [2.45, 2.75) is 26.2 Å². The summed E-state index contributed by atoms with van der Waals surface area (Å²) in [4.78, 5) is 0. The van der Waals surface area contributed by atoms with Gasteiger partial charge in [-0.25, -0.2) is 0 Å². The maximum Gasteiger partial charge on any atom is 0.416 e. The Balaban J connectivity index is 1.71. The number of nitrogens with zero attached hydrogens (tertiary/aromatic N) is 4. The Morgan fingerprint density at radius 2 is 1.93 bits per heavy atom. The van der Waals surface area contributed by atoms with Gasteiger partial charge in [0, 0.05) is 37.5 Å². The lowest BCUT2D eigenvalue weighted by Gasteiger charge is -2.13. The van der Waals surface area contributed by atoms with Crippen LogP contribution in [0.15, 0.2) is 36.7 Å². The summed E-state index contributed by atoms with van der Waals surface area (Å²) in [6.07, 6.45) is -0.855. The van der Waals surface area contributed by atoms with Crippen LogP contribution in [-0.4, -0.2) is 25.1 Å². The van der Waals surface area contributed by atoms with Gasteiger partial charge in [0.05, 0.1) is 23.1 Å². The van der Waals surface area contributed by atoms with Gasteiger partial charge in [0.2, 0.25) is 0 Å². The van der Waals surface area contributed by atoms with Crippen molar-refractivity contribution in [3.05, 3.63) is 59.0 Å². The van der Waals surface area contributed by atoms with E-state index in [9.17, 15) is 18.3 Å². The summed E-state index contributed by atoms with van der Waals surface area (Å²) in [5.41, 5.74) is 1.64. The predicted molar refractivity (Wildman–Crippen MR) is 92.6 cm³/mol. The number of aromatic hydroxyl groups is 1. The van der Waals surface area contributed by atoms with E-state index in [0.717, 1.165) is 11.6 Å². The fourth-order valence-electron chi connectivity index (χ4n) is 2.75. The van der Waals surface area contributed by atoms with Gasteiger partial charge in [0.1, 0.15) is 5.75 Å². The third-order valence-corrected chi connectivity index (χ3v) is 4.01. The fraction of sp³-hybridized carbons (Fsp3) is 0.278. The molecule has 142 valence electrons. The Hall–Kier alpha value is -2.94. The second-order valence-electron chi connectivity index (χ2n) is 6.22. The molecule has 6 nitrogen and oxygen atoms in total. The molecule has 1 aromatic carbocycles. The van der Waals surface area contributed by atoms with Crippen LogP contribution in [0.3, 0.4) is 0 Å². The van der Waals surface area contributed by atoms with Gasteiger partial charge in [-0.05, 0) is 36.8 Å². The van der Waals surface area contributed by atoms with Crippen LogP contribution in [0.5, 0.6) is 5.75 Å². The van der Waals surface area contributed by atoms with E-state index < -0.39 is 17.5 Å². The van der Waals surface area contributed by atoms with Crippen molar-refractivity contribution in [2.24, 2.45) is 7.05 Å². The van der Waals surface area contributed by atoms with Gasteiger partial charge < -0.3 is 10.4 Å². The second kappa shape index (κ2) is 7.36. The highest BCUT2D eigenvalue weighted by molar-refractivity contribution is 5.71. The molecule has 2 aromatic heterocycles. The zero-order valence-electron chi connectivity index (χ0n) is 14.7. The van der Waals surface area contributed by atoms with Gasteiger partial charge >= 0.3 is 6.18 Å². The van der Waals surface area contributed by atoms with E-state index >= 15 is 0 Å². The molecule has 2 heterocycles. The monoisotopic (exact) mass is 377 g/mol. The molecule has 0 spiro atoms. The number of hydrogen-bond donors (Lipinski definition) is 2. The minimum Gasteiger partial charge on any atom is -0.507 e. The average molecular weight is 377 g/mol. The average Bonchev–Trinajstić information content (AvgIpc) is 3.00. The van der Waals surface area contributed by atoms with Crippen molar-refractivity contribution in [2.75, 3.05) is 0 Å². The molecule has 0 atom stereocenters. The SMILES string of the molecule is Cc1cc(C(F)(F)F)cc(O)c1-c1ccc(CNCc2cnn(C)c2)nn1. The van der Waals surface area contributed by atoms with E-state index in [1.807, 2.05) is 13.2 Å². The summed E-state index contributed by atoms with van der Waals surface area (Å²) in [6.45, 7) is 2.59. The molecular weight excluding hydrogens is 359 g/mol. The summed E-state index contributed by atoms with van der Waals surface area (Å²) in [5.74, 6) is -0.473. The van der Waals surface area contributed by atoms with Crippen molar-refractivity contribution in [1.29, 1.82) is 0 Å². The first-order chi connectivity index (χ1) is 12.7. The summed E-state index contributed by atoms with van der Waals surface area (Å²) in [7, 11) is 1.84. The summed E-state index contributed by atoms with van der Waals surface area (Å²) >= 11 is 0. The molecule has 0 aliphatic carbocycles. The van der Waals surface area contributed by atoms with Crippen LogP contribution in [0.25, 0.3) is 11.3 Å². The van der Waals surface area contributed by atoms with Gasteiger partial charge in [0.25, 0.3) is 0 Å². The van der Waals surface area contributed by atoms with Gasteiger partial charge in [-0.2, -0.15) is 28.5 Å². The van der Waals surface area contributed by atoms with E-state index in [0.29, 0.717) is 30.5 Å². The van der Waals surface area contributed by atoms with E-state index in [-0.39, 0.29) is 11.1 Å². The molecule has 0 aliphatic rings. The molecule has 3 rings (SSSR count). The number of aromatic nitrogens is 4. The van der Waals surface area contributed by atoms with Crippen molar-refractivity contribution in [1.82, 2.24) is 25.3 Å². The number of halogens is 3. The molecule has 0 bridgehead atoms. The third kappa shape index (κ3) is 4.43. The second-order valence-corrected chi connectivity index (χ2v) is 6.22. The zero-order chi connectivity index (χ0) is 19.6. The van der Waals surface area contributed by atoms with E-state index in [1.165, 1.54) is 6.92 Å². The molecular formula is C18H18F3N5O. The highest BCUT2D eigenvalue weighted by Crippen LogP contribution is 2.38. The lowest BCUT2D eigenvalue weighted by atomic mass is 10.0. The van der Waals surface area contributed by atoms with E-state index in [1.54, 1.807) is 23.0 Å². The number of rotatable bonds is 5. The van der Waals surface area contributed by atoms with Gasteiger partial charge in [-0.15, -0.1) is 0 Å². The van der Waals surface area contributed by atoms with Crippen LogP contribution in [0, 0.1) is 6.92 Å². The maximum absolute atomic E-state index is 12.8. The normalized spacial score (nSPS) is 11.7. The minimum absolute atomic E-state index is 0.241. The van der Waals surface area contributed by atoms with Gasteiger partial charge in [-0.3, -0.25) is 4.68 Å². The Morgan fingerprint density at radius 3 is 2.48 bits per heavy atom. The van der Waals surface area contributed by atoms with Crippen molar-refractivity contribution in [3.63, 3.8) is 0 Å². The maximum atomic E-state index is 12.8. The molecule has 0 fully saturated rings. The lowest BCUT2D eigenvalue weighted by molar-refractivity contribution is -0.137. The first-order valence-electron chi connectivity index (χ1n) is 8.16. The standard InChI is InChI=1S/C18H18F3N5O/c1-11-5-13(18(19,20)21)6-16(27)17(11)15-4-3-14(24-25-15)9-22-7-12-8-23-26(2)10-12/h3-6,8,10,22,27H,7,9H2,1-2H3. The molecule has 3 aromatic rings. The quantitative estimate of drug-likeness (QED) is 0.714. The Bertz CT molecular complexity index is 912. The smallest absolute Gasteiger partial charge is 0.416 e. The summed E-state index contributed by atoms with van der Waals surface area (Å²) < 4.78 is 40.2. The van der Waals surface area contributed by atoms with Crippen LogP contribution in [0.1, 0.15) is 22.4 Å². The molecule has 0 radical (unpaired) electrons. The van der Waals surface area contributed by atoms with E-state index in [4.69, 9.17) is 0 Å². The molecule has 0 saturated heterocycles. The third-order valence-electron chi connectivity index (χ3n) is 4.01. The molecule has 0 unspecified atom stereocenters. The van der Waals surface area contributed by atoms with E-state index in [2.05, 4.69) is 20.6 Å². The molecule has 0 amide bonds. The highest BCUT2D eigenvalue weighted by Gasteiger charge is 2.32. The number of nitrogens with one attached hydrogen (secondary N) is 1. The van der Waals surface area contributed by atoms with Crippen LogP contribution in [0.2, 0.25) is 0 Å². The van der Waals surface area contributed by atoms with Crippen LogP contribution in [0.4, 0.5) is 13.2 Å². The molecule has 2 N–H and O–H groups in total.